The largest absolute Gasteiger partial charge is 0.444 e. The van der Waals surface area contributed by atoms with Crippen molar-refractivity contribution in [2.75, 3.05) is 0 Å². The van der Waals surface area contributed by atoms with E-state index in [0.717, 1.165) is 57.3 Å². The number of nitrogens with one attached hydrogen (secondary N) is 1. The first kappa shape index (κ1) is 26.9. The minimum absolute atomic E-state index is 0.0528. The van der Waals surface area contributed by atoms with Gasteiger partial charge in [-0.05, 0) is 92.8 Å². The Balaban J connectivity index is 1.33. The van der Waals surface area contributed by atoms with Gasteiger partial charge < -0.3 is 15.0 Å². The van der Waals surface area contributed by atoms with Gasteiger partial charge in [-0.25, -0.2) is 4.79 Å². The maximum atomic E-state index is 14.0. The second-order valence-corrected chi connectivity index (χ2v) is 12.2. The number of fused-ring (bicyclic) bond motifs is 1. The lowest BCUT2D eigenvalue weighted by atomic mass is 9.89. The van der Waals surface area contributed by atoms with Gasteiger partial charge in [0.1, 0.15) is 5.60 Å². The lowest BCUT2D eigenvalue weighted by Gasteiger charge is -2.37. The van der Waals surface area contributed by atoms with E-state index in [0.29, 0.717) is 6.54 Å². The summed E-state index contributed by atoms with van der Waals surface area (Å²) in [5.41, 5.74) is 2.81. The van der Waals surface area contributed by atoms with Gasteiger partial charge in [0.2, 0.25) is 0 Å². The fourth-order valence-corrected chi connectivity index (χ4v) is 6.16. The number of alkyl carbamates (subject to hydrolysis) is 1. The number of amides is 2. The molecule has 0 aliphatic heterocycles. The molecule has 2 amide bonds. The van der Waals surface area contributed by atoms with Crippen molar-refractivity contribution in [2.24, 2.45) is 0 Å². The fourth-order valence-electron chi connectivity index (χ4n) is 5.15. The van der Waals surface area contributed by atoms with Crippen LogP contribution in [0.2, 0.25) is 0 Å². The van der Waals surface area contributed by atoms with Gasteiger partial charge in [0.15, 0.2) is 0 Å². The summed E-state index contributed by atoms with van der Waals surface area (Å²) in [5, 5.41) is 4.11. The van der Waals surface area contributed by atoms with Crippen LogP contribution in [-0.2, 0) is 11.3 Å². The van der Waals surface area contributed by atoms with E-state index >= 15 is 0 Å². The minimum Gasteiger partial charge on any atom is -0.444 e. The van der Waals surface area contributed by atoms with Gasteiger partial charge in [-0.2, -0.15) is 0 Å². The number of rotatable bonds is 6. The van der Waals surface area contributed by atoms with Crippen LogP contribution in [0.25, 0.3) is 21.2 Å². The highest BCUT2D eigenvalue weighted by Gasteiger charge is 2.31. The number of hydrogen-bond acceptors (Lipinski definition) is 5. The molecule has 1 N–H and O–H groups in total. The molecule has 2 aromatic carbocycles. The summed E-state index contributed by atoms with van der Waals surface area (Å²) < 4.78 is 6.56. The van der Waals surface area contributed by atoms with Crippen molar-refractivity contribution in [1.29, 1.82) is 0 Å². The zero-order valence-electron chi connectivity index (χ0n) is 22.7. The van der Waals surface area contributed by atoms with E-state index in [1.54, 1.807) is 23.7 Å². The molecule has 0 saturated heterocycles. The molecule has 1 saturated carbocycles. The number of carbonyl (C=O) groups excluding carboxylic acids is 2. The van der Waals surface area contributed by atoms with E-state index < -0.39 is 5.60 Å². The number of ether oxygens (including phenoxy) is 1. The summed E-state index contributed by atoms with van der Waals surface area (Å²) in [5.74, 6) is 0.0676. The predicted octanol–water partition coefficient (Wildman–Crippen LogP) is 7.44. The summed E-state index contributed by atoms with van der Waals surface area (Å²) in [7, 11) is 0. The Morgan fingerprint density at radius 1 is 0.949 bits per heavy atom. The molecule has 6 nitrogen and oxygen atoms in total. The van der Waals surface area contributed by atoms with Crippen molar-refractivity contribution in [3.05, 3.63) is 89.6 Å². The third-order valence-corrected chi connectivity index (χ3v) is 8.18. The van der Waals surface area contributed by atoms with Crippen LogP contribution in [0.1, 0.15) is 61.7 Å². The van der Waals surface area contributed by atoms with Crippen LogP contribution in [0.5, 0.6) is 0 Å². The van der Waals surface area contributed by atoms with Crippen LogP contribution in [0.4, 0.5) is 4.79 Å². The van der Waals surface area contributed by atoms with E-state index in [2.05, 4.69) is 46.7 Å². The molecular weight excluding hydrogens is 506 g/mol. The number of nitrogens with zero attached hydrogens (tertiary/aromatic N) is 2. The van der Waals surface area contributed by atoms with Crippen molar-refractivity contribution in [1.82, 2.24) is 15.2 Å². The molecule has 0 unspecified atom stereocenters. The van der Waals surface area contributed by atoms with E-state index in [4.69, 9.17) is 4.74 Å². The van der Waals surface area contributed by atoms with E-state index in [1.165, 1.54) is 0 Å². The molecule has 1 fully saturated rings. The normalized spacial score (nSPS) is 17.5. The third-order valence-electron chi connectivity index (χ3n) is 7.08. The van der Waals surface area contributed by atoms with Crippen molar-refractivity contribution < 1.29 is 14.3 Å². The van der Waals surface area contributed by atoms with Crippen LogP contribution in [-0.4, -0.2) is 39.6 Å². The maximum Gasteiger partial charge on any atom is 0.407 e. The molecule has 0 atom stereocenters. The first-order valence-corrected chi connectivity index (χ1v) is 14.4. The van der Waals surface area contributed by atoms with E-state index in [-0.39, 0.29) is 24.1 Å². The lowest BCUT2D eigenvalue weighted by Crippen LogP contribution is -2.46. The summed E-state index contributed by atoms with van der Waals surface area (Å²) >= 11 is 1.55. The Bertz CT molecular complexity index is 1390. The molecule has 1 aliphatic rings. The Hall–Kier alpha value is -3.71. The van der Waals surface area contributed by atoms with Gasteiger partial charge in [0, 0.05) is 35.7 Å². The predicted molar refractivity (Wildman–Crippen MR) is 157 cm³/mol. The van der Waals surface area contributed by atoms with E-state index in [1.807, 2.05) is 56.0 Å². The molecule has 39 heavy (non-hydrogen) atoms. The highest BCUT2D eigenvalue weighted by molar-refractivity contribution is 7.20. The average molecular weight is 542 g/mol. The number of pyridine rings is 1. The Kier molecular flexibility index (Phi) is 7.98. The second-order valence-electron chi connectivity index (χ2n) is 11.2. The number of benzene rings is 2. The van der Waals surface area contributed by atoms with Gasteiger partial charge in [-0.1, -0.05) is 42.5 Å². The number of hydrogen-bond donors (Lipinski definition) is 1. The molecule has 202 valence electrons. The second kappa shape index (κ2) is 11.6. The Morgan fingerprint density at radius 3 is 2.28 bits per heavy atom. The van der Waals surface area contributed by atoms with Crippen molar-refractivity contribution in [3.63, 3.8) is 0 Å². The standard InChI is InChI=1S/C32H35N3O3S/c1-32(2,3)38-31(37)34-26-12-14-27(15-13-26)35(30(36)29-20-25-6-4-5-7-28(25)39-29)21-22-8-10-23(11-9-22)24-16-18-33-19-17-24/h4-11,16-20,26-27H,12-15,21H2,1-3H3,(H,34,37). The number of thiophene rings is 1. The topological polar surface area (TPSA) is 71.5 Å². The Labute approximate surface area is 234 Å². The highest BCUT2D eigenvalue weighted by Crippen LogP contribution is 2.31. The summed E-state index contributed by atoms with van der Waals surface area (Å²) in [6.07, 6.45) is 6.48. The SMILES string of the molecule is CC(C)(C)OC(=O)NC1CCC(N(Cc2ccc(-c3ccncc3)cc2)C(=O)c2cc3ccccc3s2)CC1. The van der Waals surface area contributed by atoms with Crippen molar-refractivity contribution >= 4 is 33.4 Å². The van der Waals surface area contributed by atoms with Crippen LogP contribution in [0.3, 0.4) is 0 Å². The zero-order chi connectivity index (χ0) is 27.4. The quantitative estimate of drug-likeness (QED) is 0.275. The molecular formula is C32H35N3O3S. The summed E-state index contributed by atoms with van der Waals surface area (Å²) in [6, 6.07) is 22.7. The van der Waals surface area contributed by atoms with Crippen LogP contribution in [0.15, 0.2) is 79.1 Å². The zero-order valence-corrected chi connectivity index (χ0v) is 23.5. The molecule has 0 radical (unpaired) electrons. The summed E-state index contributed by atoms with van der Waals surface area (Å²) in [6.45, 7) is 6.14. The fraction of sp³-hybridized carbons (Fsp3) is 0.344. The maximum absolute atomic E-state index is 14.0. The third kappa shape index (κ3) is 6.84. The van der Waals surface area contributed by atoms with Crippen molar-refractivity contribution in [2.45, 2.75) is 70.7 Å². The molecule has 0 bridgehead atoms. The van der Waals surface area contributed by atoms with Gasteiger partial charge in [-0.3, -0.25) is 9.78 Å². The summed E-state index contributed by atoms with van der Waals surface area (Å²) in [4.78, 5) is 33.2. The molecule has 1 aliphatic carbocycles. The van der Waals surface area contributed by atoms with Gasteiger partial charge in [-0.15, -0.1) is 11.3 Å². The number of aromatic nitrogens is 1. The first-order valence-electron chi connectivity index (χ1n) is 13.5. The molecule has 5 rings (SSSR count). The lowest BCUT2D eigenvalue weighted by molar-refractivity contribution is 0.0454. The van der Waals surface area contributed by atoms with Crippen molar-refractivity contribution in [3.8, 4) is 11.1 Å². The molecule has 7 heteroatoms. The molecule has 2 heterocycles. The molecule has 0 spiro atoms. The first-order chi connectivity index (χ1) is 18.7. The molecule has 4 aromatic rings. The van der Waals surface area contributed by atoms with Gasteiger partial charge >= 0.3 is 6.09 Å². The highest BCUT2D eigenvalue weighted by atomic mass is 32.1. The van der Waals surface area contributed by atoms with Gasteiger partial charge in [0.25, 0.3) is 5.91 Å². The Morgan fingerprint density at radius 2 is 1.62 bits per heavy atom. The minimum atomic E-state index is -0.526. The number of carbonyl (C=O) groups is 2. The molecule has 2 aromatic heterocycles. The van der Waals surface area contributed by atoms with E-state index in [9.17, 15) is 9.59 Å². The van der Waals surface area contributed by atoms with Crippen LogP contribution in [0, 0.1) is 0 Å². The monoisotopic (exact) mass is 541 g/mol. The van der Waals surface area contributed by atoms with Crippen LogP contribution >= 0.6 is 11.3 Å². The van der Waals surface area contributed by atoms with Gasteiger partial charge in [0.05, 0.1) is 4.88 Å². The smallest absolute Gasteiger partial charge is 0.407 e. The average Bonchev–Trinajstić information content (AvgIpc) is 3.36. The van der Waals surface area contributed by atoms with Crippen LogP contribution < -0.4 is 5.32 Å².